The molecule has 1 unspecified atom stereocenters. The van der Waals surface area contributed by atoms with Gasteiger partial charge in [0.1, 0.15) is 5.82 Å². The number of halogens is 2. The van der Waals surface area contributed by atoms with Gasteiger partial charge in [0.2, 0.25) is 0 Å². The third-order valence-electron chi connectivity index (χ3n) is 3.90. The Kier molecular flexibility index (Phi) is 3.52. The van der Waals surface area contributed by atoms with Crippen LogP contribution in [0.1, 0.15) is 41.4 Å². The van der Waals surface area contributed by atoms with Crippen LogP contribution in [0.25, 0.3) is 0 Å². The Balaban J connectivity index is 1.95. The summed E-state index contributed by atoms with van der Waals surface area (Å²) >= 11 is 5.83. The van der Waals surface area contributed by atoms with Gasteiger partial charge in [-0.15, -0.1) is 0 Å². The molecule has 0 saturated heterocycles. The number of hydrogen-bond acceptors (Lipinski definition) is 2. The zero-order valence-corrected chi connectivity index (χ0v) is 12.1. The zero-order valence-electron chi connectivity index (χ0n) is 11.4. The number of aromatic nitrogens is 2. The van der Waals surface area contributed by atoms with E-state index in [1.54, 1.807) is 12.1 Å². The van der Waals surface area contributed by atoms with Gasteiger partial charge < -0.3 is 5.73 Å². The molecule has 0 aliphatic heterocycles. The molecule has 0 saturated carbocycles. The maximum atomic E-state index is 13.2. The molecule has 2 aromatic rings. The second-order valence-electron chi connectivity index (χ2n) is 5.35. The smallest absolute Gasteiger partial charge is 0.141 e. The normalized spacial score (nSPS) is 18.1. The van der Waals surface area contributed by atoms with Crippen LogP contribution in [0, 0.1) is 12.7 Å². The maximum absolute atomic E-state index is 13.2. The molecule has 0 radical (unpaired) electrons. The molecule has 5 heteroatoms. The van der Waals surface area contributed by atoms with E-state index in [2.05, 4.69) is 5.10 Å². The minimum absolute atomic E-state index is 0.0873. The van der Waals surface area contributed by atoms with E-state index in [1.807, 2.05) is 11.6 Å². The quantitative estimate of drug-likeness (QED) is 0.922. The molecule has 0 amide bonds. The standard InChI is InChI=1S/C15H17ClFN3/c1-9-15-13(18)3-2-4-14(15)20(19-9)8-10-5-6-12(17)11(16)7-10/h5-7,13H,2-4,8,18H2,1H3. The minimum atomic E-state index is -0.392. The van der Waals surface area contributed by atoms with Crippen LogP contribution in [0.4, 0.5) is 4.39 Å². The summed E-state index contributed by atoms with van der Waals surface area (Å²) in [5.74, 6) is -0.392. The van der Waals surface area contributed by atoms with Crippen molar-refractivity contribution in [2.45, 2.75) is 38.8 Å². The molecule has 0 spiro atoms. The van der Waals surface area contributed by atoms with Crippen LogP contribution in [-0.2, 0) is 13.0 Å². The molecule has 0 bridgehead atoms. The highest BCUT2D eigenvalue weighted by molar-refractivity contribution is 6.30. The van der Waals surface area contributed by atoms with Crippen molar-refractivity contribution in [1.82, 2.24) is 9.78 Å². The molecule has 1 aromatic heterocycles. The summed E-state index contributed by atoms with van der Waals surface area (Å²) in [6.07, 6.45) is 3.10. The lowest BCUT2D eigenvalue weighted by Gasteiger charge is -2.20. The zero-order chi connectivity index (χ0) is 14.3. The summed E-state index contributed by atoms with van der Waals surface area (Å²) in [7, 11) is 0. The van der Waals surface area contributed by atoms with Gasteiger partial charge >= 0.3 is 0 Å². The maximum Gasteiger partial charge on any atom is 0.141 e. The molecule has 2 N–H and O–H groups in total. The molecule has 1 atom stereocenters. The van der Waals surface area contributed by atoms with Gasteiger partial charge in [0.05, 0.1) is 17.3 Å². The topological polar surface area (TPSA) is 43.8 Å². The van der Waals surface area contributed by atoms with E-state index in [0.29, 0.717) is 6.54 Å². The third-order valence-corrected chi connectivity index (χ3v) is 4.19. The van der Waals surface area contributed by atoms with Crippen LogP contribution in [0.15, 0.2) is 18.2 Å². The first-order valence-corrected chi connectivity index (χ1v) is 7.19. The molecule has 1 heterocycles. The lowest BCUT2D eigenvalue weighted by molar-refractivity contribution is 0.537. The summed E-state index contributed by atoms with van der Waals surface area (Å²) in [5.41, 5.74) is 10.5. The molecule has 1 aliphatic carbocycles. The predicted octanol–water partition coefficient (Wildman–Crippen LogP) is 3.37. The fourth-order valence-corrected chi connectivity index (χ4v) is 3.17. The second-order valence-corrected chi connectivity index (χ2v) is 5.76. The van der Waals surface area contributed by atoms with Gasteiger partial charge in [-0.3, -0.25) is 4.68 Å². The Morgan fingerprint density at radius 2 is 2.30 bits per heavy atom. The first-order chi connectivity index (χ1) is 9.56. The number of rotatable bonds is 2. The summed E-state index contributed by atoms with van der Waals surface area (Å²) in [6.45, 7) is 2.60. The van der Waals surface area contributed by atoms with Crippen LogP contribution in [0.3, 0.4) is 0 Å². The Morgan fingerprint density at radius 1 is 1.50 bits per heavy atom. The molecular formula is C15H17ClFN3. The van der Waals surface area contributed by atoms with Crippen LogP contribution >= 0.6 is 11.6 Å². The van der Waals surface area contributed by atoms with Crippen molar-refractivity contribution in [3.05, 3.63) is 51.6 Å². The Hall–Kier alpha value is -1.39. The van der Waals surface area contributed by atoms with Crippen molar-refractivity contribution in [3.63, 3.8) is 0 Å². The highest BCUT2D eigenvalue weighted by Gasteiger charge is 2.24. The first-order valence-electron chi connectivity index (χ1n) is 6.82. The number of nitrogens with zero attached hydrogens (tertiary/aromatic N) is 2. The molecular weight excluding hydrogens is 277 g/mol. The number of fused-ring (bicyclic) bond motifs is 1. The van der Waals surface area contributed by atoms with Gasteiger partial charge in [0, 0.05) is 17.3 Å². The average molecular weight is 294 g/mol. The van der Waals surface area contributed by atoms with Crippen molar-refractivity contribution in [2.75, 3.05) is 0 Å². The molecule has 106 valence electrons. The predicted molar refractivity (Wildman–Crippen MR) is 77.3 cm³/mol. The molecule has 1 aromatic carbocycles. The summed E-state index contributed by atoms with van der Waals surface area (Å²) in [6, 6.07) is 4.88. The summed E-state index contributed by atoms with van der Waals surface area (Å²) in [4.78, 5) is 0. The molecule has 1 aliphatic rings. The van der Waals surface area contributed by atoms with Gasteiger partial charge in [-0.2, -0.15) is 5.10 Å². The molecule has 0 fully saturated rings. The second kappa shape index (κ2) is 5.19. The van der Waals surface area contributed by atoms with E-state index in [9.17, 15) is 4.39 Å². The largest absolute Gasteiger partial charge is 0.324 e. The number of nitrogens with two attached hydrogens (primary N) is 1. The van der Waals surface area contributed by atoms with Crippen molar-refractivity contribution in [1.29, 1.82) is 0 Å². The molecule has 3 nitrogen and oxygen atoms in total. The van der Waals surface area contributed by atoms with Crippen LogP contribution in [0.2, 0.25) is 5.02 Å². The minimum Gasteiger partial charge on any atom is -0.324 e. The first kappa shape index (κ1) is 13.6. The van der Waals surface area contributed by atoms with Gasteiger partial charge in [-0.05, 0) is 43.9 Å². The average Bonchev–Trinajstić information content (AvgIpc) is 2.72. The number of benzene rings is 1. The third kappa shape index (κ3) is 2.34. The lowest BCUT2D eigenvalue weighted by atomic mass is 9.92. The van der Waals surface area contributed by atoms with Gasteiger partial charge in [0.15, 0.2) is 0 Å². The van der Waals surface area contributed by atoms with E-state index >= 15 is 0 Å². The molecule has 3 rings (SSSR count). The van der Waals surface area contributed by atoms with E-state index in [0.717, 1.165) is 30.5 Å². The van der Waals surface area contributed by atoms with Crippen molar-refractivity contribution in [2.24, 2.45) is 5.73 Å². The van der Waals surface area contributed by atoms with E-state index in [1.165, 1.54) is 17.3 Å². The highest BCUT2D eigenvalue weighted by Crippen LogP contribution is 2.31. The number of aryl methyl sites for hydroxylation is 1. The van der Waals surface area contributed by atoms with Gasteiger partial charge in [0.25, 0.3) is 0 Å². The van der Waals surface area contributed by atoms with E-state index < -0.39 is 5.82 Å². The Labute approximate surface area is 122 Å². The SMILES string of the molecule is Cc1nn(Cc2ccc(F)c(Cl)c2)c2c1C(N)CCC2. The van der Waals surface area contributed by atoms with Crippen LogP contribution in [0.5, 0.6) is 0 Å². The lowest BCUT2D eigenvalue weighted by Crippen LogP contribution is -2.19. The summed E-state index contributed by atoms with van der Waals surface area (Å²) < 4.78 is 15.2. The van der Waals surface area contributed by atoms with Crippen LogP contribution < -0.4 is 5.73 Å². The Bertz CT molecular complexity index is 651. The van der Waals surface area contributed by atoms with Crippen molar-refractivity contribution in [3.8, 4) is 0 Å². The van der Waals surface area contributed by atoms with Gasteiger partial charge in [-0.1, -0.05) is 17.7 Å². The fraction of sp³-hybridized carbons (Fsp3) is 0.400. The highest BCUT2D eigenvalue weighted by atomic mass is 35.5. The van der Waals surface area contributed by atoms with E-state index in [4.69, 9.17) is 17.3 Å². The Morgan fingerprint density at radius 3 is 3.05 bits per heavy atom. The number of hydrogen-bond donors (Lipinski definition) is 1. The van der Waals surface area contributed by atoms with E-state index in [-0.39, 0.29) is 11.1 Å². The monoisotopic (exact) mass is 293 g/mol. The molecule has 20 heavy (non-hydrogen) atoms. The van der Waals surface area contributed by atoms with Crippen molar-refractivity contribution < 1.29 is 4.39 Å². The van der Waals surface area contributed by atoms with Crippen molar-refractivity contribution >= 4 is 11.6 Å². The van der Waals surface area contributed by atoms with Crippen LogP contribution in [-0.4, -0.2) is 9.78 Å². The fourth-order valence-electron chi connectivity index (χ4n) is 2.96. The summed E-state index contributed by atoms with van der Waals surface area (Å²) in [5, 5.41) is 4.74. The van der Waals surface area contributed by atoms with Gasteiger partial charge in [-0.25, -0.2) is 4.39 Å².